The van der Waals surface area contributed by atoms with Gasteiger partial charge in [0.25, 0.3) is 0 Å². The summed E-state index contributed by atoms with van der Waals surface area (Å²) < 4.78 is 31.9. The molecule has 1 aliphatic rings. The van der Waals surface area contributed by atoms with Crippen LogP contribution in [0.25, 0.3) is 0 Å². The predicted molar refractivity (Wildman–Crippen MR) is 75.4 cm³/mol. The molecule has 0 amide bonds. The highest BCUT2D eigenvalue weighted by molar-refractivity contribution is 7.89. The summed E-state index contributed by atoms with van der Waals surface area (Å²) in [4.78, 5) is 4.11. The molecule has 0 radical (unpaired) electrons. The Morgan fingerprint density at radius 3 is 2.80 bits per heavy atom. The van der Waals surface area contributed by atoms with Gasteiger partial charge in [-0.2, -0.15) is 4.31 Å². The van der Waals surface area contributed by atoms with Gasteiger partial charge in [-0.15, -0.1) is 0 Å². The maximum atomic E-state index is 12.5. The van der Waals surface area contributed by atoms with Gasteiger partial charge in [0.15, 0.2) is 0 Å². The molecule has 0 aromatic carbocycles. The first-order valence-electron chi connectivity index (χ1n) is 6.44. The Morgan fingerprint density at radius 1 is 1.50 bits per heavy atom. The first-order chi connectivity index (χ1) is 9.48. The Hall–Kier alpha value is -1.22. The minimum Gasteiger partial charge on any atom is -0.380 e. The molecule has 1 aromatic heterocycles. The molecule has 112 valence electrons. The van der Waals surface area contributed by atoms with Crippen LogP contribution in [0.15, 0.2) is 23.2 Å². The Labute approximate surface area is 119 Å². The molecule has 1 fully saturated rings. The maximum absolute atomic E-state index is 12.5. The van der Waals surface area contributed by atoms with E-state index in [1.54, 1.807) is 7.11 Å². The normalized spacial score (nSPS) is 24.6. The molecular formula is C12H20N4O3S. The second-order valence-corrected chi connectivity index (χ2v) is 6.86. The van der Waals surface area contributed by atoms with E-state index in [1.807, 2.05) is 0 Å². The zero-order valence-corrected chi connectivity index (χ0v) is 12.4. The number of ether oxygens (including phenoxy) is 1. The standard InChI is InChI=1S/C12H20N4O3S/c1-9-5-6-16(8-11(9)19-2)20(17,18)10-3-4-12(15-13)14-7-10/h3-4,7,9,11H,5-6,8,13H2,1-2H3,(H,14,15). The van der Waals surface area contributed by atoms with Gasteiger partial charge in [-0.1, -0.05) is 6.92 Å². The number of anilines is 1. The highest BCUT2D eigenvalue weighted by Crippen LogP contribution is 2.25. The van der Waals surface area contributed by atoms with Gasteiger partial charge in [-0.05, 0) is 24.5 Å². The van der Waals surface area contributed by atoms with E-state index >= 15 is 0 Å². The quantitative estimate of drug-likeness (QED) is 0.617. The lowest BCUT2D eigenvalue weighted by Gasteiger charge is -2.35. The second-order valence-electron chi connectivity index (χ2n) is 4.93. The van der Waals surface area contributed by atoms with Gasteiger partial charge >= 0.3 is 0 Å². The highest BCUT2D eigenvalue weighted by Gasteiger charge is 2.33. The largest absolute Gasteiger partial charge is 0.380 e. The number of nitrogens with two attached hydrogens (primary N) is 1. The second kappa shape index (κ2) is 6.04. The molecule has 1 saturated heterocycles. The molecule has 0 aliphatic carbocycles. The molecular weight excluding hydrogens is 280 g/mol. The lowest BCUT2D eigenvalue weighted by molar-refractivity contribution is 0.0184. The van der Waals surface area contributed by atoms with Gasteiger partial charge in [0, 0.05) is 26.4 Å². The summed E-state index contributed by atoms with van der Waals surface area (Å²) >= 11 is 0. The van der Waals surface area contributed by atoms with Crippen molar-refractivity contribution in [2.45, 2.75) is 24.3 Å². The lowest BCUT2D eigenvalue weighted by Crippen LogP contribution is -2.46. The molecule has 0 bridgehead atoms. The third-order valence-electron chi connectivity index (χ3n) is 3.68. The van der Waals surface area contributed by atoms with E-state index in [2.05, 4.69) is 17.3 Å². The summed E-state index contributed by atoms with van der Waals surface area (Å²) in [6, 6.07) is 3.03. The molecule has 0 saturated carbocycles. The number of nitrogen functional groups attached to an aromatic ring is 1. The van der Waals surface area contributed by atoms with Gasteiger partial charge < -0.3 is 10.2 Å². The van der Waals surface area contributed by atoms with Crippen molar-refractivity contribution in [3.05, 3.63) is 18.3 Å². The van der Waals surface area contributed by atoms with E-state index < -0.39 is 10.0 Å². The summed E-state index contributed by atoms with van der Waals surface area (Å²) in [7, 11) is -1.92. The lowest BCUT2D eigenvalue weighted by atomic mass is 9.97. The fraction of sp³-hybridized carbons (Fsp3) is 0.583. The van der Waals surface area contributed by atoms with Crippen LogP contribution in [0.3, 0.4) is 0 Å². The van der Waals surface area contributed by atoms with Crippen molar-refractivity contribution in [1.82, 2.24) is 9.29 Å². The number of pyridine rings is 1. The van der Waals surface area contributed by atoms with Gasteiger partial charge in [-0.3, -0.25) is 0 Å². The van der Waals surface area contributed by atoms with Crippen LogP contribution in [0.4, 0.5) is 5.82 Å². The van der Waals surface area contributed by atoms with E-state index in [1.165, 1.54) is 22.6 Å². The maximum Gasteiger partial charge on any atom is 0.244 e. The number of hydrogen-bond donors (Lipinski definition) is 2. The van der Waals surface area contributed by atoms with E-state index in [4.69, 9.17) is 10.6 Å². The molecule has 2 atom stereocenters. The number of nitrogens with one attached hydrogen (secondary N) is 1. The van der Waals surface area contributed by atoms with Gasteiger partial charge in [-0.25, -0.2) is 19.2 Å². The van der Waals surface area contributed by atoms with Gasteiger partial charge in [0.1, 0.15) is 10.7 Å². The number of rotatable bonds is 4. The van der Waals surface area contributed by atoms with Gasteiger partial charge in [0.05, 0.1) is 6.10 Å². The first kappa shape index (κ1) is 15.2. The van der Waals surface area contributed by atoms with Crippen molar-refractivity contribution in [3.8, 4) is 0 Å². The van der Waals surface area contributed by atoms with Gasteiger partial charge in [0.2, 0.25) is 10.0 Å². The minimum atomic E-state index is -3.53. The van der Waals surface area contributed by atoms with Crippen molar-refractivity contribution in [1.29, 1.82) is 0 Å². The first-order valence-corrected chi connectivity index (χ1v) is 7.88. The number of methoxy groups -OCH3 is 1. The molecule has 1 aromatic rings. The molecule has 20 heavy (non-hydrogen) atoms. The minimum absolute atomic E-state index is 0.0727. The van der Waals surface area contributed by atoms with E-state index in [0.717, 1.165) is 6.42 Å². The number of nitrogens with zero attached hydrogens (tertiary/aromatic N) is 2. The molecule has 2 heterocycles. The Balaban J connectivity index is 2.21. The number of aromatic nitrogens is 1. The summed E-state index contributed by atoms with van der Waals surface area (Å²) in [5.74, 6) is 5.99. The molecule has 3 N–H and O–H groups in total. The van der Waals surface area contributed by atoms with E-state index in [9.17, 15) is 8.42 Å². The zero-order valence-electron chi connectivity index (χ0n) is 11.6. The monoisotopic (exact) mass is 300 g/mol. The molecule has 8 heteroatoms. The van der Waals surface area contributed by atoms with Crippen LogP contribution in [-0.4, -0.2) is 44.0 Å². The van der Waals surface area contributed by atoms with Crippen LogP contribution in [0.1, 0.15) is 13.3 Å². The topological polar surface area (TPSA) is 97.5 Å². The van der Waals surface area contributed by atoms with Crippen molar-refractivity contribution < 1.29 is 13.2 Å². The molecule has 2 unspecified atom stereocenters. The Kier molecular flexibility index (Phi) is 4.59. The van der Waals surface area contributed by atoms with Crippen molar-refractivity contribution in [2.75, 3.05) is 25.6 Å². The van der Waals surface area contributed by atoms with Crippen molar-refractivity contribution >= 4 is 15.8 Å². The van der Waals surface area contributed by atoms with E-state index in [0.29, 0.717) is 24.8 Å². The number of hydrazine groups is 1. The third kappa shape index (κ3) is 2.93. The average Bonchev–Trinajstić information content (AvgIpc) is 2.47. The average molecular weight is 300 g/mol. The Morgan fingerprint density at radius 2 is 2.25 bits per heavy atom. The summed E-state index contributed by atoms with van der Waals surface area (Å²) in [6.07, 6.45) is 2.02. The summed E-state index contributed by atoms with van der Waals surface area (Å²) in [6.45, 7) is 2.94. The molecule has 2 rings (SSSR count). The number of hydrogen-bond acceptors (Lipinski definition) is 6. The molecule has 7 nitrogen and oxygen atoms in total. The fourth-order valence-electron chi connectivity index (χ4n) is 2.30. The van der Waals surface area contributed by atoms with Crippen molar-refractivity contribution in [3.63, 3.8) is 0 Å². The zero-order chi connectivity index (χ0) is 14.8. The summed E-state index contributed by atoms with van der Waals surface area (Å²) in [5.41, 5.74) is 2.37. The van der Waals surface area contributed by atoms with Crippen LogP contribution < -0.4 is 11.3 Å². The van der Waals surface area contributed by atoms with Crippen LogP contribution in [-0.2, 0) is 14.8 Å². The molecule has 1 aliphatic heterocycles. The predicted octanol–water partition coefficient (Wildman–Crippen LogP) is 0.413. The smallest absolute Gasteiger partial charge is 0.244 e. The van der Waals surface area contributed by atoms with Crippen LogP contribution in [0, 0.1) is 5.92 Å². The van der Waals surface area contributed by atoms with E-state index in [-0.39, 0.29) is 11.0 Å². The summed E-state index contributed by atoms with van der Waals surface area (Å²) in [5, 5.41) is 0. The Bertz CT molecular complexity index is 546. The van der Waals surface area contributed by atoms with Crippen LogP contribution >= 0.6 is 0 Å². The highest BCUT2D eigenvalue weighted by atomic mass is 32.2. The fourth-order valence-corrected chi connectivity index (χ4v) is 3.71. The van der Waals surface area contributed by atoms with Crippen molar-refractivity contribution in [2.24, 2.45) is 11.8 Å². The number of piperidine rings is 1. The number of sulfonamides is 1. The van der Waals surface area contributed by atoms with Crippen LogP contribution in [0.5, 0.6) is 0 Å². The molecule has 0 spiro atoms. The SMILES string of the molecule is COC1CN(S(=O)(=O)c2ccc(NN)nc2)CCC1C. The van der Waals surface area contributed by atoms with Crippen LogP contribution in [0.2, 0.25) is 0 Å². The third-order valence-corrected chi connectivity index (χ3v) is 5.53.